The van der Waals surface area contributed by atoms with Crippen LogP contribution in [-0.4, -0.2) is 42.8 Å². The molecule has 17 heavy (non-hydrogen) atoms. The molecular formula is C12H33NOSi3. The van der Waals surface area contributed by atoms with E-state index in [1.165, 1.54) is 6.42 Å². The summed E-state index contributed by atoms with van der Waals surface area (Å²) in [4.78, 5) is 0. The van der Waals surface area contributed by atoms with Crippen LogP contribution in [0.3, 0.4) is 0 Å². The van der Waals surface area contributed by atoms with E-state index in [-0.39, 0.29) is 5.60 Å². The summed E-state index contributed by atoms with van der Waals surface area (Å²) >= 11 is 0. The van der Waals surface area contributed by atoms with Crippen molar-refractivity contribution >= 4 is 27.0 Å². The molecule has 0 bridgehead atoms. The van der Waals surface area contributed by atoms with Crippen LogP contribution in [0.2, 0.25) is 39.3 Å². The number of rotatable bonds is 6. The molecule has 0 heterocycles. The van der Waals surface area contributed by atoms with E-state index in [2.05, 4.69) is 64.3 Å². The quantitative estimate of drug-likeness (QED) is 0.698. The normalized spacial score (nSPS) is 16.6. The van der Waals surface area contributed by atoms with Crippen LogP contribution in [0, 0.1) is 0 Å². The second kappa shape index (κ2) is 5.69. The Kier molecular flexibility index (Phi) is 5.88. The lowest BCUT2D eigenvalue weighted by atomic mass is 9.98. The van der Waals surface area contributed by atoms with Crippen LogP contribution in [0.15, 0.2) is 0 Å². The molecule has 104 valence electrons. The minimum absolute atomic E-state index is 0.00152. The minimum Gasteiger partial charge on any atom is -0.421 e. The highest BCUT2D eigenvalue weighted by atomic mass is 28.4. The van der Waals surface area contributed by atoms with E-state index in [0.717, 1.165) is 10.5 Å². The van der Waals surface area contributed by atoms with Gasteiger partial charge >= 0.3 is 0 Å². The van der Waals surface area contributed by atoms with Crippen LogP contribution in [-0.2, 0) is 4.43 Å². The molecule has 0 fully saturated rings. The summed E-state index contributed by atoms with van der Waals surface area (Å²) in [5.41, 5.74) is 0.00152. The summed E-state index contributed by atoms with van der Waals surface area (Å²) in [6, 6.07) is 0.568. The maximum Gasteiger partial charge on any atom is 0.146 e. The fourth-order valence-electron chi connectivity index (χ4n) is 3.06. The van der Waals surface area contributed by atoms with Gasteiger partial charge < -0.3 is 8.66 Å². The lowest BCUT2D eigenvalue weighted by molar-refractivity contribution is 0.0549. The van der Waals surface area contributed by atoms with E-state index in [4.69, 9.17) is 4.43 Å². The summed E-state index contributed by atoms with van der Waals surface area (Å²) < 4.78 is 8.79. The third-order valence-electron chi connectivity index (χ3n) is 3.47. The molecule has 0 saturated heterocycles. The first-order valence-corrected chi connectivity index (χ1v) is 14.4. The van der Waals surface area contributed by atoms with Gasteiger partial charge in [-0.15, -0.1) is 0 Å². The molecular weight excluding hydrogens is 258 g/mol. The van der Waals surface area contributed by atoms with Gasteiger partial charge in [0.25, 0.3) is 0 Å². The molecule has 0 amide bonds. The van der Waals surface area contributed by atoms with Gasteiger partial charge in [0.15, 0.2) is 0 Å². The predicted octanol–water partition coefficient (Wildman–Crippen LogP) is 2.81. The van der Waals surface area contributed by atoms with E-state index >= 15 is 0 Å². The zero-order chi connectivity index (χ0) is 14.1. The van der Waals surface area contributed by atoms with Gasteiger partial charge in [0.2, 0.25) is 0 Å². The van der Waals surface area contributed by atoms with E-state index in [1.54, 1.807) is 0 Å². The Morgan fingerprint density at radius 2 is 1.41 bits per heavy atom. The molecule has 0 radical (unpaired) electrons. The van der Waals surface area contributed by atoms with Gasteiger partial charge in [-0.2, -0.15) is 0 Å². The number of hydrogen-bond acceptors (Lipinski definition) is 2. The van der Waals surface area contributed by atoms with Crippen molar-refractivity contribution in [1.29, 1.82) is 0 Å². The average molecular weight is 292 g/mol. The van der Waals surface area contributed by atoms with Crippen LogP contribution in [0.5, 0.6) is 0 Å². The Hall–Kier alpha value is 0.571. The van der Waals surface area contributed by atoms with E-state index < -0.39 is 16.5 Å². The summed E-state index contributed by atoms with van der Waals surface area (Å²) in [6.07, 6.45) is 1.18. The van der Waals surface area contributed by atoms with Gasteiger partial charge in [0, 0.05) is 6.04 Å². The van der Waals surface area contributed by atoms with Crippen molar-refractivity contribution in [3.63, 3.8) is 0 Å². The highest BCUT2D eigenvalue weighted by Crippen LogP contribution is 2.31. The highest BCUT2D eigenvalue weighted by Gasteiger charge is 2.44. The molecule has 0 aromatic carbocycles. The van der Waals surface area contributed by atoms with Crippen molar-refractivity contribution in [2.24, 2.45) is 0 Å². The van der Waals surface area contributed by atoms with Crippen molar-refractivity contribution < 1.29 is 4.43 Å². The van der Waals surface area contributed by atoms with E-state index in [1.807, 2.05) is 0 Å². The summed E-state index contributed by atoms with van der Waals surface area (Å²) in [5, 5.41) is 0. The topological polar surface area (TPSA) is 12.5 Å². The second-order valence-corrected chi connectivity index (χ2v) is 17.9. The number of hydrogen-bond donors (Lipinski definition) is 0. The molecule has 1 atom stereocenters. The smallest absolute Gasteiger partial charge is 0.146 e. The zero-order valence-corrected chi connectivity index (χ0v) is 17.6. The van der Waals surface area contributed by atoms with Crippen LogP contribution in [0.1, 0.15) is 27.2 Å². The van der Waals surface area contributed by atoms with Crippen molar-refractivity contribution in [1.82, 2.24) is 4.23 Å². The second-order valence-electron chi connectivity index (χ2n) is 7.44. The lowest BCUT2D eigenvalue weighted by Gasteiger charge is -2.53. The van der Waals surface area contributed by atoms with Crippen LogP contribution >= 0.6 is 0 Å². The molecule has 0 aromatic rings. The first-order chi connectivity index (χ1) is 7.38. The molecule has 0 rings (SSSR count). The minimum atomic E-state index is -1.30. The van der Waals surface area contributed by atoms with Crippen molar-refractivity contribution in [3.05, 3.63) is 0 Å². The van der Waals surface area contributed by atoms with Gasteiger partial charge in [-0.25, -0.2) is 0 Å². The Balaban J connectivity index is 5.44. The molecule has 1 unspecified atom stereocenters. The fourth-order valence-corrected chi connectivity index (χ4v) is 14.2. The Morgan fingerprint density at radius 3 is 1.59 bits per heavy atom. The first-order valence-electron chi connectivity index (χ1n) is 6.72. The van der Waals surface area contributed by atoms with E-state index in [0.29, 0.717) is 6.04 Å². The van der Waals surface area contributed by atoms with Gasteiger partial charge in [-0.05, 0) is 20.3 Å². The Morgan fingerprint density at radius 1 is 1.06 bits per heavy atom. The third kappa shape index (κ3) is 4.63. The molecule has 0 aromatic heterocycles. The zero-order valence-electron chi connectivity index (χ0n) is 13.6. The van der Waals surface area contributed by atoms with Crippen LogP contribution in [0.25, 0.3) is 0 Å². The largest absolute Gasteiger partial charge is 0.421 e. The predicted molar refractivity (Wildman–Crippen MR) is 87.7 cm³/mol. The number of nitrogens with zero attached hydrogens (tertiary/aromatic N) is 1. The molecule has 5 heteroatoms. The highest BCUT2D eigenvalue weighted by molar-refractivity contribution is 6.89. The SMILES string of the molecule is CCC(N([Si](C)(C)C)[Si](C)(C)C)C(C)(C)O[SiH3]. The molecule has 2 nitrogen and oxygen atoms in total. The lowest BCUT2D eigenvalue weighted by Crippen LogP contribution is -2.68. The van der Waals surface area contributed by atoms with Crippen LogP contribution in [0.4, 0.5) is 0 Å². The van der Waals surface area contributed by atoms with Crippen molar-refractivity contribution in [3.8, 4) is 0 Å². The molecule has 0 N–H and O–H groups in total. The van der Waals surface area contributed by atoms with Gasteiger partial charge in [-0.1, -0.05) is 46.2 Å². The monoisotopic (exact) mass is 291 g/mol. The molecule has 0 saturated carbocycles. The van der Waals surface area contributed by atoms with Crippen LogP contribution < -0.4 is 0 Å². The van der Waals surface area contributed by atoms with Crippen molar-refractivity contribution in [2.75, 3.05) is 0 Å². The maximum atomic E-state index is 5.90. The first kappa shape index (κ1) is 17.6. The summed E-state index contributed by atoms with van der Waals surface area (Å²) in [6.45, 7) is 21.7. The van der Waals surface area contributed by atoms with E-state index in [9.17, 15) is 0 Å². The maximum absolute atomic E-state index is 5.90. The van der Waals surface area contributed by atoms with Crippen molar-refractivity contribution in [2.45, 2.75) is 78.1 Å². The summed E-state index contributed by atoms with van der Waals surface area (Å²) in [7, 11) is -1.78. The third-order valence-corrected chi connectivity index (χ3v) is 12.1. The molecule has 0 aliphatic rings. The Labute approximate surface area is 114 Å². The standard InChI is InChI=1S/C12H33NOSi3/c1-10-11(12(2,3)14-15)13(16(4,5)6)17(7,8)9/h11H,10H2,1-9,15H3. The summed E-state index contributed by atoms with van der Waals surface area (Å²) in [5.74, 6) is 0. The molecule has 0 spiro atoms. The molecule has 0 aliphatic carbocycles. The van der Waals surface area contributed by atoms with Gasteiger partial charge in [-0.3, -0.25) is 0 Å². The molecule has 0 aliphatic heterocycles. The fraction of sp³-hybridized carbons (Fsp3) is 1.00. The Bertz CT molecular complexity index is 229. The average Bonchev–Trinajstić information content (AvgIpc) is 2.09. The van der Waals surface area contributed by atoms with Gasteiger partial charge in [0.1, 0.15) is 27.0 Å². The van der Waals surface area contributed by atoms with Gasteiger partial charge in [0.05, 0.1) is 5.60 Å².